The SMILES string of the molecule is CC(C)(C)OC(=O)N[C@H](C(=O)N1CCC[C@H]1C(=O)Nc1ccc(-c2[nH]c3ccc(NC(=O)[C@@H]4CCCN4C(=O)[C@H](NC(=O)OC(C)(C)C)c4ccccc4)cc3c2F)cc1)c1ccccc1. The summed E-state index contributed by atoms with van der Waals surface area (Å²) in [6.45, 7) is 11.0. The van der Waals surface area contributed by atoms with Gasteiger partial charge in [-0.1, -0.05) is 72.8 Å². The highest BCUT2D eigenvalue weighted by Crippen LogP contribution is 2.33. The van der Waals surface area contributed by atoms with Crippen LogP contribution in [0.4, 0.5) is 25.4 Å². The Labute approximate surface area is 382 Å². The lowest BCUT2D eigenvalue weighted by Crippen LogP contribution is -2.49. The molecule has 4 atom stereocenters. The molecular formula is C50H56FN7O8. The molecular weight excluding hydrogens is 846 g/mol. The minimum absolute atomic E-state index is 0.195. The van der Waals surface area contributed by atoms with Gasteiger partial charge < -0.3 is 45.5 Å². The first-order chi connectivity index (χ1) is 31.3. The van der Waals surface area contributed by atoms with Gasteiger partial charge in [-0.05, 0) is 109 Å². The number of fused-ring (bicyclic) bond motifs is 1. The minimum atomic E-state index is -1.09. The number of carbonyl (C=O) groups excluding carboxylic acids is 6. The molecule has 4 aromatic carbocycles. The van der Waals surface area contributed by atoms with Gasteiger partial charge in [0.05, 0.1) is 5.69 Å². The number of carbonyl (C=O) groups is 6. The van der Waals surface area contributed by atoms with Crippen molar-refractivity contribution < 1.29 is 42.6 Å². The van der Waals surface area contributed by atoms with Crippen LogP contribution in [0, 0.1) is 5.82 Å². The fourth-order valence-corrected chi connectivity index (χ4v) is 8.26. The van der Waals surface area contributed by atoms with E-state index in [1.807, 2.05) is 0 Å². The van der Waals surface area contributed by atoms with Crippen LogP contribution in [-0.4, -0.2) is 87.0 Å². The highest BCUT2D eigenvalue weighted by atomic mass is 19.1. The molecule has 15 nitrogen and oxygen atoms in total. The lowest BCUT2D eigenvalue weighted by Gasteiger charge is -2.29. The van der Waals surface area contributed by atoms with Crippen LogP contribution in [0.5, 0.6) is 0 Å². The van der Waals surface area contributed by atoms with E-state index >= 15 is 4.39 Å². The number of amides is 6. The average molecular weight is 902 g/mol. The predicted octanol–water partition coefficient (Wildman–Crippen LogP) is 8.37. The van der Waals surface area contributed by atoms with Crippen molar-refractivity contribution in [2.24, 2.45) is 0 Å². The van der Waals surface area contributed by atoms with Crippen molar-refractivity contribution in [1.29, 1.82) is 0 Å². The Balaban J connectivity index is 1.01. The van der Waals surface area contributed by atoms with Crippen LogP contribution in [0.1, 0.15) is 90.4 Å². The van der Waals surface area contributed by atoms with E-state index in [1.54, 1.807) is 139 Å². The summed E-state index contributed by atoms with van der Waals surface area (Å²) in [5, 5.41) is 11.4. The number of H-pyrrole nitrogens is 1. The molecule has 2 saturated heterocycles. The van der Waals surface area contributed by atoms with Gasteiger partial charge in [0.1, 0.15) is 35.4 Å². The van der Waals surface area contributed by atoms with Gasteiger partial charge in [-0.15, -0.1) is 0 Å². The van der Waals surface area contributed by atoms with Crippen LogP contribution in [0.15, 0.2) is 103 Å². The maximum atomic E-state index is 16.2. The molecule has 1 aromatic heterocycles. The van der Waals surface area contributed by atoms with Crippen molar-refractivity contribution >= 4 is 58.1 Å². The fourth-order valence-electron chi connectivity index (χ4n) is 8.26. The summed E-state index contributed by atoms with van der Waals surface area (Å²) < 4.78 is 27.0. The van der Waals surface area contributed by atoms with Crippen LogP contribution >= 0.6 is 0 Å². The van der Waals surface area contributed by atoms with Crippen molar-refractivity contribution in [3.05, 3.63) is 120 Å². The first-order valence-corrected chi connectivity index (χ1v) is 22.1. The highest BCUT2D eigenvalue weighted by Gasteiger charge is 2.40. The number of halogens is 1. The predicted molar refractivity (Wildman–Crippen MR) is 248 cm³/mol. The number of nitrogens with zero attached hydrogens (tertiary/aromatic N) is 2. The lowest BCUT2D eigenvalue weighted by molar-refractivity contribution is -0.138. The molecule has 0 radical (unpaired) electrons. The van der Waals surface area contributed by atoms with E-state index in [-0.39, 0.29) is 11.1 Å². The van der Waals surface area contributed by atoms with Gasteiger partial charge in [-0.25, -0.2) is 14.0 Å². The number of hydrogen-bond acceptors (Lipinski definition) is 8. The molecule has 0 bridgehead atoms. The van der Waals surface area contributed by atoms with Crippen LogP contribution < -0.4 is 21.3 Å². The summed E-state index contributed by atoms with van der Waals surface area (Å²) >= 11 is 0. The summed E-state index contributed by atoms with van der Waals surface area (Å²) in [6, 6.07) is 25.2. The van der Waals surface area contributed by atoms with Crippen molar-refractivity contribution in [2.75, 3.05) is 23.7 Å². The van der Waals surface area contributed by atoms with E-state index in [2.05, 4.69) is 26.3 Å². The Kier molecular flexibility index (Phi) is 13.8. The molecule has 5 aromatic rings. The largest absolute Gasteiger partial charge is 0.444 e. The third-order valence-electron chi connectivity index (χ3n) is 11.2. The van der Waals surface area contributed by atoms with Gasteiger partial charge in [0.15, 0.2) is 5.82 Å². The summed E-state index contributed by atoms with van der Waals surface area (Å²) in [7, 11) is 0. The second kappa shape index (κ2) is 19.5. The number of likely N-dealkylation sites (tertiary alicyclic amines) is 2. The number of alkyl carbamates (subject to hydrolysis) is 2. The number of benzene rings is 4. The zero-order valence-corrected chi connectivity index (χ0v) is 37.9. The standard InChI is InChI=1S/C50H56FN7O8/c1-49(2,3)65-47(63)55-41(30-15-9-7-10-16-30)45(61)57-27-13-19-37(57)43(59)52-33-23-21-32(22-24-33)40-39(51)35-29-34(25-26-36(35)54-40)53-44(60)38-20-14-28-58(38)46(62)42(31-17-11-8-12-18-31)56-48(64)66-50(4,5)6/h7-12,15-18,21-26,29,37-38,41-42,54H,13-14,19-20,27-28H2,1-6H3,(H,52,59)(H,53,60)(H,55,63)(H,56,64)/t37-,38-,41-,42+/m0/s1. The molecule has 0 aliphatic carbocycles. The van der Waals surface area contributed by atoms with E-state index in [0.29, 0.717) is 72.4 Å². The third-order valence-corrected chi connectivity index (χ3v) is 11.2. The highest BCUT2D eigenvalue weighted by molar-refractivity contribution is 6.01. The zero-order chi connectivity index (χ0) is 47.3. The molecule has 2 fully saturated rings. The molecule has 16 heteroatoms. The average Bonchev–Trinajstić information content (AvgIpc) is 4.04. The van der Waals surface area contributed by atoms with Crippen LogP contribution in [0.2, 0.25) is 0 Å². The summed E-state index contributed by atoms with van der Waals surface area (Å²) in [4.78, 5) is 87.2. The zero-order valence-electron chi connectivity index (χ0n) is 37.9. The van der Waals surface area contributed by atoms with Gasteiger partial charge in [-0.3, -0.25) is 19.2 Å². The van der Waals surface area contributed by atoms with Crippen LogP contribution in [0.3, 0.4) is 0 Å². The van der Waals surface area contributed by atoms with Gasteiger partial charge in [0.25, 0.3) is 11.8 Å². The van der Waals surface area contributed by atoms with E-state index in [1.165, 1.54) is 15.9 Å². The monoisotopic (exact) mass is 901 g/mol. The van der Waals surface area contributed by atoms with Crippen LogP contribution in [0.25, 0.3) is 22.2 Å². The normalized spacial score (nSPS) is 17.1. The van der Waals surface area contributed by atoms with E-state index in [0.717, 1.165) is 0 Å². The van der Waals surface area contributed by atoms with Crippen molar-refractivity contribution in [3.63, 3.8) is 0 Å². The number of aromatic amines is 1. The Bertz CT molecular complexity index is 2590. The molecule has 2 aliphatic heterocycles. The van der Waals surface area contributed by atoms with E-state index in [4.69, 9.17) is 9.47 Å². The molecule has 5 N–H and O–H groups in total. The van der Waals surface area contributed by atoms with Crippen molar-refractivity contribution in [2.45, 2.75) is 103 Å². The Morgan fingerprint density at radius 2 is 1.06 bits per heavy atom. The summed E-state index contributed by atoms with van der Waals surface area (Å²) in [5.74, 6) is -2.29. The van der Waals surface area contributed by atoms with Crippen molar-refractivity contribution in [1.82, 2.24) is 25.4 Å². The molecule has 3 heterocycles. The smallest absolute Gasteiger partial charge is 0.408 e. The maximum Gasteiger partial charge on any atom is 0.408 e. The molecule has 0 spiro atoms. The van der Waals surface area contributed by atoms with Crippen molar-refractivity contribution in [3.8, 4) is 11.3 Å². The number of anilines is 2. The maximum absolute atomic E-state index is 16.2. The number of aromatic nitrogens is 1. The topological polar surface area (TPSA) is 191 Å². The Hall–Kier alpha value is -7.23. The quantitative estimate of drug-likeness (QED) is 0.0874. The Morgan fingerprint density at radius 1 is 0.621 bits per heavy atom. The number of rotatable bonds is 11. The fraction of sp³-hybridized carbons (Fsp3) is 0.360. The summed E-state index contributed by atoms with van der Waals surface area (Å²) in [5.41, 5.74) is 1.45. The number of nitrogens with one attached hydrogen (secondary N) is 5. The number of hydrogen-bond donors (Lipinski definition) is 5. The van der Waals surface area contributed by atoms with Gasteiger partial charge >= 0.3 is 12.2 Å². The van der Waals surface area contributed by atoms with Gasteiger partial charge in [0.2, 0.25) is 11.8 Å². The number of ether oxygens (including phenoxy) is 2. The second-order valence-corrected chi connectivity index (χ2v) is 18.5. The third kappa shape index (κ3) is 11.2. The summed E-state index contributed by atoms with van der Waals surface area (Å²) in [6.07, 6.45) is 0.454. The lowest BCUT2D eigenvalue weighted by atomic mass is 10.0. The van der Waals surface area contributed by atoms with Crippen LogP contribution in [-0.2, 0) is 28.7 Å². The van der Waals surface area contributed by atoms with Gasteiger partial charge in [-0.2, -0.15) is 0 Å². The molecule has 6 amide bonds. The molecule has 2 aliphatic rings. The Morgan fingerprint density at radius 3 is 1.52 bits per heavy atom. The minimum Gasteiger partial charge on any atom is -0.444 e. The van der Waals surface area contributed by atoms with E-state index < -0.39 is 77.0 Å². The molecule has 0 saturated carbocycles. The first-order valence-electron chi connectivity index (χ1n) is 22.1. The first kappa shape index (κ1) is 46.8. The second-order valence-electron chi connectivity index (χ2n) is 18.5. The molecule has 0 unspecified atom stereocenters. The molecule has 346 valence electrons. The molecule has 66 heavy (non-hydrogen) atoms. The van der Waals surface area contributed by atoms with Gasteiger partial charge in [0, 0.05) is 40.9 Å². The van der Waals surface area contributed by atoms with E-state index in [9.17, 15) is 28.8 Å². The molecule has 7 rings (SSSR count).